The summed E-state index contributed by atoms with van der Waals surface area (Å²) in [7, 11) is 0. The van der Waals surface area contributed by atoms with Gasteiger partial charge in [-0.3, -0.25) is 0 Å². The molecule has 1 atom stereocenters. The highest BCUT2D eigenvalue weighted by molar-refractivity contribution is 5.28. The summed E-state index contributed by atoms with van der Waals surface area (Å²) >= 11 is 0. The van der Waals surface area contributed by atoms with Crippen LogP contribution in [-0.4, -0.2) is 9.97 Å². The number of imidazole rings is 1. The molecule has 0 aliphatic carbocycles. The lowest BCUT2D eigenvalue weighted by Crippen LogP contribution is -2.22. The average molecular weight is 293 g/mol. The van der Waals surface area contributed by atoms with Crippen LogP contribution in [0.4, 0.5) is 0 Å². The molecule has 0 spiro atoms. The van der Waals surface area contributed by atoms with E-state index in [4.69, 9.17) is 4.98 Å². The molecule has 1 aromatic rings. The molecule has 0 saturated carbocycles. The number of rotatable bonds is 7. The molecule has 122 valence electrons. The molecule has 1 N–H and O–H groups in total. The van der Waals surface area contributed by atoms with E-state index in [2.05, 4.69) is 67.3 Å². The van der Waals surface area contributed by atoms with E-state index in [0.717, 1.165) is 19.3 Å². The van der Waals surface area contributed by atoms with Gasteiger partial charge in [0, 0.05) is 22.4 Å². The second-order valence-corrected chi connectivity index (χ2v) is 7.88. The first-order valence-corrected chi connectivity index (χ1v) is 8.73. The van der Waals surface area contributed by atoms with Crippen LogP contribution in [0.1, 0.15) is 105 Å². The Morgan fingerprint density at radius 2 is 1.48 bits per heavy atom. The van der Waals surface area contributed by atoms with Gasteiger partial charge in [0.1, 0.15) is 5.82 Å². The van der Waals surface area contributed by atoms with Crippen LogP contribution in [0.2, 0.25) is 0 Å². The summed E-state index contributed by atoms with van der Waals surface area (Å²) in [5.74, 6) is 2.29. The van der Waals surface area contributed by atoms with E-state index in [1.54, 1.807) is 0 Å². The first-order valence-electron chi connectivity index (χ1n) is 8.73. The number of aromatic nitrogens is 2. The van der Waals surface area contributed by atoms with Gasteiger partial charge in [-0.1, -0.05) is 62.3 Å². The van der Waals surface area contributed by atoms with Crippen LogP contribution in [-0.2, 0) is 10.8 Å². The minimum absolute atomic E-state index is 0.159. The van der Waals surface area contributed by atoms with Crippen molar-refractivity contribution in [2.45, 2.75) is 98.3 Å². The van der Waals surface area contributed by atoms with E-state index >= 15 is 0 Å². The number of nitrogens with one attached hydrogen (secondary N) is 1. The Balaban J connectivity index is 3.45. The second-order valence-electron chi connectivity index (χ2n) is 7.88. The van der Waals surface area contributed by atoms with Gasteiger partial charge in [-0.15, -0.1) is 0 Å². The molecule has 1 rings (SSSR count). The van der Waals surface area contributed by atoms with E-state index < -0.39 is 0 Å². The lowest BCUT2D eigenvalue weighted by molar-refractivity contribution is 0.411. The quantitative estimate of drug-likeness (QED) is 0.662. The lowest BCUT2D eigenvalue weighted by Gasteiger charge is -2.26. The first-order chi connectivity index (χ1) is 9.62. The number of aromatic amines is 1. The number of nitrogens with zero attached hydrogens (tertiary/aromatic N) is 1. The van der Waals surface area contributed by atoms with E-state index in [-0.39, 0.29) is 10.8 Å². The Hall–Kier alpha value is -0.790. The van der Waals surface area contributed by atoms with Crippen LogP contribution in [0, 0.1) is 5.92 Å². The van der Waals surface area contributed by atoms with Gasteiger partial charge >= 0.3 is 0 Å². The Morgan fingerprint density at radius 3 is 1.86 bits per heavy atom. The summed E-state index contributed by atoms with van der Waals surface area (Å²) in [4.78, 5) is 8.84. The molecule has 0 radical (unpaired) electrons. The first kappa shape index (κ1) is 18.3. The predicted octanol–water partition coefficient (Wildman–Crippen LogP) is 5.93. The molecule has 0 fully saturated rings. The highest BCUT2D eigenvalue weighted by Crippen LogP contribution is 2.38. The molecule has 1 unspecified atom stereocenters. The van der Waals surface area contributed by atoms with Gasteiger partial charge in [-0.25, -0.2) is 4.98 Å². The maximum atomic E-state index is 5.10. The zero-order chi connectivity index (χ0) is 16.4. The summed E-state index contributed by atoms with van der Waals surface area (Å²) in [5, 5.41) is 0. The molecule has 0 aliphatic rings. The number of hydrogen-bond donors (Lipinski definition) is 1. The second kappa shape index (κ2) is 6.54. The van der Waals surface area contributed by atoms with Crippen molar-refractivity contribution < 1.29 is 0 Å². The molecular formula is C19H36N2. The third-order valence-electron chi connectivity index (χ3n) is 5.86. The summed E-state index contributed by atoms with van der Waals surface area (Å²) in [6.07, 6.45) is 3.37. The van der Waals surface area contributed by atoms with E-state index in [9.17, 15) is 0 Å². The maximum absolute atomic E-state index is 5.10. The zero-order valence-corrected chi connectivity index (χ0v) is 15.7. The highest BCUT2D eigenvalue weighted by atomic mass is 15.0. The summed E-state index contributed by atoms with van der Waals surface area (Å²) in [6, 6.07) is 0. The fourth-order valence-electron chi connectivity index (χ4n) is 2.60. The van der Waals surface area contributed by atoms with E-state index in [1.165, 1.54) is 17.2 Å². The van der Waals surface area contributed by atoms with Crippen molar-refractivity contribution in [2.75, 3.05) is 0 Å². The number of H-pyrrole nitrogens is 1. The van der Waals surface area contributed by atoms with E-state index in [1.807, 2.05) is 0 Å². The molecular weight excluding hydrogens is 256 g/mol. The third kappa shape index (κ3) is 3.52. The van der Waals surface area contributed by atoms with Crippen molar-refractivity contribution in [1.29, 1.82) is 0 Å². The summed E-state index contributed by atoms with van der Waals surface area (Å²) in [6.45, 7) is 20.7. The van der Waals surface area contributed by atoms with E-state index in [0.29, 0.717) is 11.8 Å². The van der Waals surface area contributed by atoms with Crippen molar-refractivity contribution >= 4 is 0 Å². The smallest absolute Gasteiger partial charge is 0.112 e. The topological polar surface area (TPSA) is 28.7 Å². The molecule has 1 heterocycles. The SMILES string of the molecule is CCC(C)(C)c1[nH]c(C(C)(CC)CC)nc1C(C)C(C)C. The summed E-state index contributed by atoms with van der Waals surface area (Å²) in [5.41, 5.74) is 2.97. The standard InChI is InChI=1S/C19H36N2/c1-10-18(7,8)16-15(14(6)13(4)5)20-17(21-16)19(9,11-2)12-3/h13-14H,10-12H2,1-9H3,(H,20,21). The fraction of sp³-hybridized carbons (Fsp3) is 0.842. The predicted molar refractivity (Wildman–Crippen MR) is 93.1 cm³/mol. The molecule has 2 heteroatoms. The Kier molecular flexibility index (Phi) is 5.69. The van der Waals surface area contributed by atoms with Crippen molar-refractivity contribution in [2.24, 2.45) is 5.92 Å². The third-order valence-corrected chi connectivity index (χ3v) is 5.86. The molecule has 0 saturated heterocycles. The van der Waals surface area contributed by atoms with Gasteiger partial charge in [0.2, 0.25) is 0 Å². The van der Waals surface area contributed by atoms with Crippen LogP contribution in [0.5, 0.6) is 0 Å². The van der Waals surface area contributed by atoms with Crippen LogP contribution < -0.4 is 0 Å². The molecule has 0 aliphatic heterocycles. The van der Waals surface area contributed by atoms with Gasteiger partial charge in [-0.2, -0.15) is 0 Å². The molecule has 21 heavy (non-hydrogen) atoms. The monoisotopic (exact) mass is 292 g/mol. The minimum Gasteiger partial charge on any atom is -0.345 e. The normalized spacial score (nSPS) is 14.8. The molecule has 2 nitrogen and oxygen atoms in total. The van der Waals surface area contributed by atoms with Gasteiger partial charge < -0.3 is 4.98 Å². The lowest BCUT2D eigenvalue weighted by atomic mass is 9.81. The van der Waals surface area contributed by atoms with Gasteiger partial charge in [0.25, 0.3) is 0 Å². The van der Waals surface area contributed by atoms with Crippen LogP contribution in [0.15, 0.2) is 0 Å². The Labute approximate surface area is 132 Å². The largest absolute Gasteiger partial charge is 0.345 e. The number of hydrogen-bond acceptors (Lipinski definition) is 1. The summed E-state index contributed by atoms with van der Waals surface area (Å²) < 4.78 is 0. The van der Waals surface area contributed by atoms with Gasteiger partial charge in [0.15, 0.2) is 0 Å². The average Bonchev–Trinajstić information content (AvgIpc) is 2.91. The van der Waals surface area contributed by atoms with Crippen molar-refractivity contribution in [3.05, 3.63) is 17.2 Å². The Bertz CT molecular complexity index is 450. The van der Waals surface area contributed by atoms with Crippen molar-refractivity contribution in [1.82, 2.24) is 9.97 Å². The highest BCUT2D eigenvalue weighted by Gasteiger charge is 2.33. The minimum atomic E-state index is 0.159. The van der Waals surface area contributed by atoms with Crippen LogP contribution >= 0.6 is 0 Å². The maximum Gasteiger partial charge on any atom is 0.112 e. The van der Waals surface area contributed by atoms with Gasteiger partial charge in [0.05, 0.1) is 5.69 Å². The zero-order valence-electron chi connectivity index (χ0n) is 15.7. The molecule has 0 bridgehead atoms. The molecule has 1 aromatic heterocycles. The van der Waals surface area contributed by atoms with Gasteiger partial charge in [-0.05, 0) is 25.2 Å². The Morgan fingerprint density at radius 1 is 0.952 bits per heavy atom. The van der Waals surface area contributed by atoms with Crippen LogP contribution in [0.3, 0.4) is 0 Å². The van der Waals surface area contributed by atoms with Crippen molar-refractivity contribution in [3.63, 3.8) is 0 Å². The molecule has 0 aromatic carbocycles. The van der Waals surface area contributed by atoms with Crippen LogP contribution in [0.25, 0.3) is 0 Å². The fourth-order valence-corrected chi connectivity index (χ4v) is 2.60. The molecule has 0 amide bonds. The van der Waals surface area contributed by atoms with Crippen molar-refractivity contribution in [3.8, 4) is 0 Å².